The highest BCUT2D eigenvalue weighted by atomic mass is 16.2. The Morgan fingerprint density at radius 2 is 2.09 bits per heavy atom. The van der Waals surface area contributed by atoms with Gasteiger partial charge in [-0.15, -0.1) is 0 Å². The van der Waals surface area contributed by atoms with Gasteiger partial charge in [0, 0.05) is 43.2 Å². The fourth-order valence-electron chi connectivity index (χ4n) is 3.65. The van der Waals surface area contributed by atoms with E-state index in [4.69, 9.17) is 0 Å². The summed E-state index contributed by atoms with van der Waals surface area (Å²) in [5.41, 5.74) is 2.03. The Labute approximate surface area is 137 Å². The topological polar surface area (TPSA) is 52.6 Å². The van der Waals surface area contributed by atoms with Gasteiger partial charge in [0.05, 0.1) is 0 Å². The molecule has 5 nitrogen and oxygen atoms in total. The summed E-state index contributed by atoms with van der Waals surface area (Å²) < 4.78 is 0. The first kappa shape index (κ1) is 15.8. The third kappa shape index (κ3) is 3.19. The molecule has 1 aromatic carbocycles. The number of nitrogens with zero attached hydrogens (tertiary/aromatic N) is 2. The molecule has 0 radical (unpaired) electrons. The zero-order valence-corrected chi connectivity index (χ0v) is 14.1. The first-order chi connectivity index (χ1) is 10.9. The summed E-state index contributed by atoms with van der Waals surface area (Å²) in [5, 5.41) is 2.94. The molecule has 2 heterocycles. The lowest BCUT2D eigenvalue weighted by atomic mass is 9.86. The minimum absolute atomic E-state index is 0.0154. The van der Waals surface area contributed by atoms with Gasteiger partial charge in [0.1, 0.15) is 0 Å². The molecule has 0 aromatic heterocycles. The maximum Gasteiger partial charge on any atom is 0.317 e. The van der Waals surface area contributed by atoms with Crippen molar-refractivity contribution >= 4 is 17.6 Å². The van der Waals surface area contributed by atoms with Crippen LogP contribution in [0.4, 0.5) is 10.5 Å². The van der Waals surface area contributed by atoms with Gasteiger partial charge < -0.3 is 15.1 Å². The van der Waals surface area contributed by atoms with Crippen LogP contribution < -0.4 is 10.2 Å². The zero-order chi connectivity index (χ0) is 16.6. The van der Waals surface area contributed by atoms with Gasteiger partial charge in [-0.25, -0.2) is 4.79 Å². The van der Waals surface area contributed by atoms with Gasteiger partial charge in [0.15, 0.2) is 0 Å². The van der Waals surface area contributed by atoms with Gasteiger partial charge >= 0.3 is 6.03 Å². The first-order valence-corrected chi connectivity index (χ1v) is 8.31. The van der Waals surface area contributed by atoms with Crippen molar-refractivity contribution in [2.45, 2.75) is 39.7 Å². The lowest BCUT2D eigenvalue weighted by molar-refractivity contribution is -0.117. The number of carbonyl (C=O) groups excluding carboxylic acids is 2. The van der Waals surface area contributed by atoms with E-state index in [1.165, 1.54) is 0 Å². The van der Waals surface area contributed by atoms with Crippen LogP contribution in [0.3, 0.4) is 0 Å². The monoisotopic (exact) mass is 315 g/mol. The second-order valence-electron chi connectivity index (χ2n) is 7.27. The Bertz CT molecular complexity index is 628. The molecule has 5 heteroatoms. The predicted molar refractivity (Wildman–Crippen MR) is 90.4 cm³/mol. The van der Waals surface area contributed by atoms with Crippen LogP contribution in [0.25, 0.3) is 0 Å². The Morgan fingerprint density at radius 1 is 1.30 bits per heavy atom. The first-order valence-electron chi connectivity index (χ1n) is 8.31. The third-order valence-corrected chi connectivity index (χ3v) is 4.77. The molecule has 23 heavy (non-hydrogen) atoms. The fourth-order valence-corrected chi connectivity index (χ4v) is 3.65. The molecule has 2 saturated heterocycles. The number of amides is 3. The van der Waals surface area contributed by atoms with Crippen molar-refractivity contribution in [3.8, 4) is 0 Å². The maximum absolute atomic E-state index is 12.5. The Morgan fingerprint density at radius 3 is 2.78 bits per heavy atom. The number of hydrogen-bond donors (Lipinski definition) is 1. The Kier molecular flexibility index (Phi) is 4.04. The summed E-state index contributed by atoms with van der Waals surface area (Å²) in [6.45, 7) is 8.06. The number of carbonyl (C=O) groups is 2. The lowest BCUT2D eigenvalue weighted by Crippen LogP contribution is -2.43. The average Bonchev–Trinajstić information content (AvgIpc) is 3.02. The van der Waals surface area contributed by atoms with Crippen LogP contribution in [0.5, 0.6) is 0 Å². The molecule has 3 rings (SSSR count). The molecule has 1 spiro atoms. The van der Waals surface area contributed by atoms with Crippen LogP contribution in [0.1, 0.15) is 32.3 Å². The minimum atomic E-state index is -0.0881. The smallest absolute Gasteiger partial charge is 0.317 e. The van der Waals surface area contributed by atoms with Crippen molar-refractivity contribution in [3.05, 3.63) is 29.8 Å². The van der Waals surface area contributed by atoms with Gasteiger partial charge in [0.2, 0.25) is 5.91 Å². The summed E-state index contributed by atoms with van der Waals surface area (Å²) in [5.74, 6) is 0.168. The highest BCUT2D eigenvalue weighted by Gasteiger charge is 2.48. The molecule has 0 aliphatic carbocycles. The number of urea groups is 1. The summed E-state index contributed by atoms with van der Waals surface area (Å²) in [6, 6.07) is 8.18. The summed E-state index contributed by atoms with van der Waals surface area (Å²) in [7, 11) is 0. The predicted octanol–water partition coefficient (Wildman–Crippen LogP) is 2.54. The second-order valence-corrected chi connectivity index (χ2v) is 7.27. The maximum atomic E-state index is 12.5. The van der Waals surface area contributed by atoms with Crippen LogP contribution in [0, 0.1) is 12.3 Å². The van der Waals surface area contributed by atoms with Crippen molar-refractivity contribution in [2.75, 3.05) is 24.5 Å². The number of aryl methyl sites for hydroxylation is 1. The normalized spacial score (nSPS) is 24.1. The molecule has 0 unspecified atom stereocenters. The van der Waals surface area contributed by atoms with Crippen molar-refractivity contribution in [3.63, 3.8) is 0 Å². The van der Waals surface area contributed by atoms with Gasteiger partial charge in [-0.3, -0.25) is 4.79 Å². The number of likely N-dealkylation sites (tertiary alicyclic amines) is 1. The number of nitrogens with one attached hydrogen (secondary N) is 1. The van der Waals surface area contributed by atoms with Crippen LogP contribution in [-0.2, 0) is 4.79 Å². The molecule has 0 saturated carbocycles. The molecule has 0 bridgehead atoms. The number of rotatable bonds is 2. The van der Waals surface area contributed by atoms with Gasteiger partial charge in [-0.1, -0.05) is 12.1 Å². The van der Waals surface area contributed by atoms with E-state index in [1.54, 1.807) is 0 Å². The molecule has 1 atom stereocenters. The van der Waals surface area contributed by atoms with E-state index in [0.29, 0.717) is 19.5 Å². The largest absolute Gasteiger partial charge is 0.336 e. The molecule has 124 valence electrons. The van der Waals surface area contributed by atoms with Gasteiger partial charge in [-0.05, 0) is 44.9 Å². The SMILES string of the molecule is Cc1cccc(N2C[C@]3(CCN(C(=O)NC(C)C)C3)CC2=O)c1. The van der Waals surface area contributed by atoms with E-state index in [-0.39, 0.29) is 23.4 Å². The summed E-state index contributed by atoms with van der Waals surface area (Å²) in [4.78, 5) is 28.4. The van der Waals surface area contributed by atoms with E-state index < -0.39 is 0 Å². The Balaban J connectivity index is 1.71. The van der Waals surface area contributed by atoms with E-state index in [0.717, 1.165) is 24.2 Å². The summed E-state index contributed by atoms with van der Waals surface area (Å²) >= 11 is 0. The third-order valence-electron chi connectivity index (χ3n) is 4.77. The number of anilines is 1. The number of hydrogen-bond acceptors (Lipinski definition) is 2. The molecule has 2 fully saturated rings. The quantitative estimate of drug-likeness (QED) is 0.912. The molecule has 1 N–H and O–H groups in total. The van der Waals surface area contributed by atoms with E-state index in [9.17, 15) is 9.59 Å². The zero-order valence-electron chi connectivity index (χ0n) is 14.1. The average molecular weight is 315 g/mol. The number of benzene rings is 1. The van der Waals surface area contributed by atoms with Crippen LogP contribution in [0.2, 0.25) is 0 Å². The van der Waals surface area contributed by atoms with Gasteiger partial charge in [-0.2, -0.15) is 0 Å². The fraction of sp³-hybridized carbons (Fsp3) is 0.556. The molecule has 3 amide bonds. The van der Waals surface area contributed by atoms with Crippen LogP contribution in [-0.4, -0.2) is 42.5 Å². The van der Waals surface area contributed by atoms with E-state index in [1.807, 2.05) is 48.8 Å². The van der Waals surface area contributed by atoms with Crippen LogP contribution >= 0.6 is 0 Å². The van der Waals surface area contributed by atoms with E-state index >= 15 is 0 Å². The molecular weight excluding hydrogens is 290 g/mol. The van der Waals surface area contributed by atoms with Crippen molar-refractivity contribution in [1.82, 2.24) is 10.2 Å². The lowest BCUT2D eigenvalue weighted by Gasteiger charge is -2.25. The van der Waals surface area contributed by atoms with Gasteiger partial charge in [0.25, 0.3) is 0 Å². The second kappa shape index (κ2) is 5.87. The van der Waals surface area contributed by atoms with Crippen LogP contribution in [0.15, 0.2) is 24.3 Å². The molecule has 1 aromatic rings. The highest BCUT2D eigenvalue weighted by molar-refractivity contribution is 5.96. The van der Waals surface area contributed by atoms with E-state index in [2.05, 4.69) is 11.4 Å². The summed E-state index contributed by atoms with van der Waals surface area (Å²) in [6.07, 6.45) is 1.43. The molecule has 2 aliphatic rings. The standard InChI is InChI=1S/C18H25N3O2/c1-13(2)19-17(23)20-8-7-18(11-20)10-16(22)21(12-18)15-6-4-5-14(3)9-15/h4-6,9,13H,7-8,10-12H2,1-3H3,(H,19,23)/t18-/m1/s1. The van der Waals surface area contributed by atoms with Crippen molar-refractivity contribution < 1.29 is 9.59 Å². The molecular formula is C18H25N3O2. The molecule has 2 aliphatic heterocycles. The van der Waals surface area contributed by atoms with Crippen molar-refractivity contribution in [2.24, 2.45) is 5.41 Å². The highest BCUT2D eigenvalue weighted by Crippen LogP contribution is 2.41. The minimum Gasteiger partial charge on any atom is -0.336 e. The Hall–Kier alpha value is -2.04. The van der Waals surface area contributed by atoms with Crippen molar-refractivity contribution in [1.29, 1.82) is 0 Å².